The quantitative estimate of drug-likeness (QED) is 0.624. The maximum atomic E-state index is 12.9. The van der Waals surface area contributed by atoms with E-state index in [-0.39, 0.29) is 15.5 Å². The molecule has 152 valence electrons. The highest BCUT2D eigenvalue weighted by Gasteiger charge is 2.25. The van der Waals surface area contributed by atoms with Gasteiger partial charge in [0.15, 0.2) is 0 Å². The number of aromatic nitrogens is 1. The molecular formula is C21H22ClN3O3S. The Morgan fingerprint density at radius 3 is 2.52 bits per heavy atom. The highest BCUT2D eigenvalue weighted by atomic mass is 35.5. The number of halogens is 1. The van der Waals surface area contributed by atoms with Gasteiger partial charge < -0.3 is 5.32 Å². The van der Waals surface area contributed by atoms with E-state index in [4.69, 9.17) is 11.6 Å². The van der Waals surface area contributed by atoms with Crippen LogP contribution in [-0.2, 0) is 10.0 Å². The van der Waals surface area contributed by atoms with Gasteiger partial charge in [0.1, 0.15) is 4.90 Å². The molecule has 0 saturated carbocycles. The van der Waals surface area contributed by atoms with Crippen LogP contribution in [0.3, 0.4) is 0 Å². The van der Waals surface area contributed by atoms with Crippen molar-refractivity contribution in [3.05, 3.63) is 64.8 Å². The molecule has 0 saturated heterocycles. The van der Waals surface area contributed by atoms with Crippen molar-refractivity contribution >= 4 is 44.1 Å². The van der Waals surface area contributed by atoms with Crippen molar-refractivity contribution in [3.63, 3.8) is 0 Å². The van der Waals surface area contributed by atoms with Crippen molar-refractivity contribution in [1.29, 1.82) is 0 Å². The van der Waals surface area contributed by atoms with Crippen molar-refractivity contribution in [2.24, 2.45) is 0 Å². The van der Waals surface area contributed by atoms with Gasteiger partial charge >= 0.3 is 0 Å². The first-order chi connectivity index (χ1) is 13.8. The van der Waals surface area contributed by atoms with E-state index in [0.717, 1.165) is 11.1 Å². The van der Waals surface area contributed by atoms with Crippen molar-refractivity contribution in [1.82, 2.24) is 9.29 Å². The molecule has 0 aliphatic heterocycles. The molecule has 29 heavy (non-hydrogen) atoms. The number of anilines is 1. The van der Waals surface area contributed by atoms with E-state index in [1.165, 1.54) is 22.5 Å². The zero-order chi connectivity index (χ0) is 21.2. The lowest BCUT2D eigenvalue weighted by atomic mass is 10.1. The summed E-state index contributed by atoms with van der Waals surface area (Å²) in [5.41, 5.74) is 2.26. The summed E-state index contributed by atoms with van der Waals surface area (Å²) in [7, 11) is -3.79. The highest BCUT2D eigenvalue weighted by Crippen LogP contribution is 2.27. The number of carbonyl (C=O) groups is 1. The number of aryl methyl sites for hydroxylation is 1. The lowest BCUT2D eigenvalue weighted by Crippen LogP contribution is -2.31. The van der Waals surface area contributed by atoms with Gasteiger partial charge in [-0.05, 0) is 37.3 Å². The van der Waals surface area contributed by atoms with E-state index >= 15 is 0 Å². The van der Waals surface area contributed by atoms with Crippen molar-refractivity contribution in [2.45, 2.75) is 25.7 Å². The van der Waals surface area contributed by atoms with E-state index < -0.39 is 15.9 Å². The van der Waals surface area contributed by atoms with Gasteiger partial charge in [-0.25, -0.2) is 8.42 Å². The van der Waals surface area contributed by atoms with Crippen LogP contribution in [0, 0.1) is 6.92 Å². The second-order valence-electron chi connectivity index (χ2n) is 6.52. The van der Waals surface area contributed by atoms with Crippen LogP contribution in [0.25, 0.3) is 10.9 Å². The number of carbonyl (C=O) groups excluding carboxylic acids is 1. The molecule has 1 amide bonds. The average Bonchev–Trinajstić information content (AvgIpc) is 2.69. The summed E-state index contributed by atoms with van der Waals surface area (Å²) >= 11 is 6.15. The van der Waals surface area contributed by atoms with E-state index in [9.17, 15) is 13.2 Å². The zero-order valence-electron chi connectivity index (χ0n) is 16.4. The molecule has 3 aromatic rings. The Hall–Kier alpha value is -2.48. The van der Waals surface area contributed by atoms with Crippen molar-refractivity contribution < 1.29 is 13.2 Å². The molecule has 0 aliphatic rings. The van der Waals surface area contributed by atoms with Crippen LogP contribution < -0.4 is 5.32 Å². The Morgan fingerprint density at radius 1 is 1.10 bits per heavy atom. The second-order valence-corrected chi connectivity index (χ2v) is 8.83. The lowest BCUT2D eigenvalue weighted by molar-refractivity contribution is 0.102. The fraction of sp³-hybridized carbons (Fsp3) is 0.238. The number of nitrogens with one attached hydrogen (secondary N) is 1. The third-order valence-electron chi connectivity index (χ3n) is 4.62. The van der Waals surface area contributed by atoms with Gasteiger partial charge in [0.05, 0.1) is 16.2 Å². The summed E-state index contributed by atoms with van der Waals surface area (Å²) < 4.78 is 27.0. The molecule has 1 aromatic heterocycles. The number of pyridine rings is 1. The fourth-order valence-electron chi connectivity index (χ4n) is 3.08. The summed E-state index contributed by atoms with van der Waals surface area (Å²) in [5.74, 6) is -0.437. The summed E-state index contributed by atoms with van der Waals surface area (Å²) in [5, 5.41) is 3.81. The van der Waals surface area contributed by atoms with E-state index in [0.29, 0.717) is 24.3 Å². The van der Waals surface area contributed by atoms with Crippen molar-refractivity contribution in [2.75, 3.05) is 18.4 Å². The maximum Gasteiger partial charge on any atom is 0.255 e. The first-order valence-electron chi connectivity index (χ1n) is 9.25. The van der Waals surface area contributed by atoms with Crippen LogP contribution in [0.15, 0.2) is 53.4 Å². The number of nitrogens with zero attached hydrogens (tertiary/aromatic N) is 2. The van der Waals surface area contributed by atoms with Gasteiger partial charge in [-0.15, -0.1) is 0 Å². The molecule has 1 heterocycles. The Kier molecular flexibility index (Phi) is 6.21. The second kappa shape index (κ2) is 8.49. The molecule has 0 atom stereocenters. The Labute approximate surface area is 175 Å². The normalized spacial score (nSPS) is 11.8. The number of rotatable bonds is 6. The van der Waals surface area contributed by atoms with E-state index in [1.54, 1.807) is 19.9 Å². The minimum atomic E-state index is -3.79. The molecular weight excluding hydrogens is 410 g/mol. The standard InChI is InChI=1S/C21H22ClN3O3S/c1-4-25(5-2)29(27,28)19-13-16(11-12-17(19)22)21(26)24-18-8-6-7-15-10-9-14(3)23-20(15)18/h6-13H,4-5H2,1-3H3,(H,24,26). The van der Waals surface area contributed by atoms with Crippen LogP contribution in [0.4, 0.5) is 5.69 Å². The van der Waals surface area contributed by atoms with Crippen LogP contribution in [0.5, 0.6) is 0 Å². The van der Waals surface area contributed by atoms with Gasteiger partial charge in [-0.2, -0.15) is 4.31 Å². The van der Waals surface area contributed by atoms with E-state index in [2.05, 4.69) is 10.3 Å². The van der Waals surface area contributed by atoms with Gasteiger partial charge in [0.2, 0.25) is 10.0 Å². The Balaban J connectivity index is 1.99. The number of fused-ring (bicyclic) bond motifs is 1. The first kappa shape index (κ1) is 21.2. The molecule has 0 bridgehead atoms. The molecule has 0 unspecified atom stereocenters. The van der Waals surface area contributed by atoms with Crippen molar-refractivity contribution in [3.8, 4) is 0 Å². The van der Waals surface area contributed by atoms with Crippen LogP contribution >= 0.6 is 11.6 Å². The predicted molar refractivity (Wildman–Crippen MR) is 116 cm³/mol. The lowest BCUT2D eigenvalue weighted by Gasteiger charge is -2.19. The summed E-state index contributed by atoms with van der Waals surface area (Å²) in [4.78, 5) is 17.3. The molecule has 3 rings (SSSR count). The molecule has 0 fully saturated rings. The molecule has 1 N–H and O–H groups in total. The SMILES string of the molecule is CCN(CC)S(=O)(=O)c1cc(C(=O)Nc2cccc3ccc(C)nc23)ccc1Cl. The minimum absolute atomic E-state index is 0.0795. The number of sulfonamides is 1. The smallest absolute Gasteiger partial charge is 0.255 e. The molecule has 0 radical (unpaired) electrons. The van der Waals surface area contributed by atoms with Crippen LogP contribution in [0.2, 0.25) is 5.02 Å². The third-order valence-corrected chi connectivity index (χ3v) is 7.16. The summed E-state index contributed by atoms with van der Waals surface area (Å²) in [6.07, 6.45) is 0. The highest BCUT2D eigenvalue weighted by molar-refractivity contribution is 7.89. The zero-order valence-corrected chi connectivity index (χ0v) is 18.0. The van der Waals surface area contributed by atoms with E-state index in [1.807, 2.05) is 31.2 Å². The minimum Gasteiger partial charge on any atom is -0.320 e. The largest absolute Gasteiger partial charge is 0.320 e. The number of amides is 1. The van der Waals surface area contributed by atoms with Crippen LogP contribution in [-0.4, -0.2) is 36.7 Å². The number of hydrogen-bond acceptors (Lipinski definition) is 4. The van der Waals surface area contributed by atoms with Gasteiger partial charge in [-0.3, -0.25) is 9.78 Å². The molecule has 0 aliphatic carbocycles. The Bertz CT molecular complexity index is 1180. The molecule has 0 spiro atoms. The number of para-hydroxylation sites is 1. The van der Waals surface area contributed by atoms with Gasteiger partial charge in [-0.1, -0.05) is 43.6 Å². The monoisotopic (exact) mass is 431 g/mol. The number of hydrogen-bond donors (Lipinski definition) is 1. The average molecular weight is 432 g/mol. The fourth-order valence-corrected chi connectivity index (χ4v) is 5.04. The molecule has 2 aromatic carbocycles. The molecule has 6 nitrogen and oxygen atoms in total. The van der Waals surface area contributed by atoms with Crippen LogP contribution in [0.1, 0.15) is 29.9 Å². The van der Waals surface area contributed by atoms with Gasteiger partial charge in [0, 0.05) is 29.7 Å². The predicted octanol–water partition coefficient (Wildman–Crippen LogP) is 4.48. The topological polar surface area (TPSA) is 79.4 Å². The molecule has 8 heteroatoms. The number of benzene rings is 2. The summed E-state index contributed by atoms with van der Waals surface area (Å²) in [6.45, 7) is 6.00. The van der Waals surface area contributed by atoms with Gasteiger partial charge in [0.25, 0.3) is 5.91 Å². The first-order valence-corrected chi connectivity index (χ1v) is 11.1. The maximum absolute atomic E-state index is 12.9. The third kappa shape index (κ3) is 4.27. The Morgan fingerprint density at radius 2 is 1.83 bits per heavy atom. The summed E-state index contributed by atoms with van der Waals surface area (Å²) in [6, 6.07) is 13.6.